The smallest absolute Gasteiger partial charge is 0.226 e. The van der Waals surface area contributed by atoms with E-state index in [9.17, 15) is 13.2 Å². The second-order valence-electron chi connectivity index (χ2n) is 7.98. The van der Waals surface area contributed by atoms with Gasteiger partial charge >= 0.3 is 0 Å². The third kappa shape index (κ3) is 5.33. The van der Waals surface area contributed by atoms with Gasteiger partial charge in [-0.25, -0.2) is 8.42 Å². The standard InChI is InChI=1S/C26H25ClN2O4S/c27-20-10-12-21(13-11-20)34(32,33)18-23-22-8-4-5-9-24(22)29(17-19-6-2-1-3-7-19)25(23)16-26(31)28-14-15-30/h1-13,30H,14-18H2,(H,28,31). The van der Waals surface area contributed by atoms with Crippen molar-refractivity contribution in [1.29, 1.82) is 0 Å². The van der Waals surface area contributed by atoms with E-state index >= 15 is 0 Å². The van der Waals surface area contributed by atoms with E-state index in [4.69, 9.17) is 16.7 Å². The van der Waals surface area contributed by atoms with Crippen LogP contribution in [-0.2, 0) is 33.4 Å². The maximum atomic E-state index is 13.3. The third-order valence-electron chi connectivity index (χ3n) is 5.65. The first-order chi connectivity index (χ1) is 16.4. The van der Waals surface area contributed by atoms with Gasteiger partial charge in [-0.15, -0.1) is 0 Å². The highest BCUT2D eigenvalue weighted by molar-refractivity contribution is 7.90. The number of benzene rings is 3. The third-order valence-corrected chi connectivity index (χ3v) is 7.56. The molecule has 0 saturated carbocycles. The average molecular weight is 497 g/mol. The van der Waals surface area contributed by atoms with Crippen LogP contribution < -0.4 is 5.32 Å². The molecule has 3 aromatic carbocycles. The van der Waals surface area contributed by atoms with Gasteiger partial charge in [-0.3, -0.25) is 4.79 Å². The molecule has 4 aromatic rings. The fraction of sp³-hybridized carbons (Fsp3) is 0.192. The Morgan fingerprint density at radius 3 is 2.32 bits per heavy atom. The van der Waals surface area contributed by atoms with Crippen LogP contribution in [0, 0.1) is 0 Å². The normalized spacial score (nSPS) is 11.6. The molecule has 1 amide bonds. The van der Waals surface area contributed by atoms with Gasteiger partial charge in [0.15, 0.2) is 9.84 Å². The second kappa shape index (κ2) is 10.4. The van der Waals surface area contributed by atoms with E-state index in [0.29, 0.717) is 22.8 Å². The number of amides is 1. The number of aliphatic hydroxyl groups is 1. The molecule has 1 heterocycles. The highest BCUT2D eigenvalue weighted by atomic mass is 35.5. The van der Waals surface area contributed by atoms with Crippen molar-refractivity contribution in [3.8, 4) is 0 Å². The van der Waals surface area contributed by atoms with E-state index < -0.39 is 9.84 Å². The second-order valence-corrected chi connectivity index (χ2v) is 10.4. The van der Waals surface area contributed by atoms with Crippen molar-refractivity contribution in [3.05, 3.63) is 101 Å². The Hall–Kier alpha value is -3.13. The monoisotopic (exact) mass is 496 g/mol. The predicted molar refractivity (Wildman–Crippen MR) is 134 cm³/mol. The molecule has 0 aliphatic heterocycles. The SMILES string of the molecule is O=C(Cc1c(CS(=O)(=O)c2ccc(Cl)cc2)c2ccccc2n1Cc1ccccc1)NCCO. The number of para-hydroxylation sites is 1. The van der Waals surface area contributed by atoms with Crippen molar-refractivity contribution >= 4 is 38.2 Å². The van der Waals surface area contributed by atoms with Gasteiger partial charge in [0.25, 0.3) is 0 Å². The van der Waals surface area contributed by atoms with E-state index in [2.05, 4.69) is 5.32 Å². The quantitative estimate of drug-likeness (QED) is 0.367. The van der Waals surface area contributed by atoms with Gasteiger partial charge in [0, 0.05) is 34.7 Å². The van der Waals surface area contributed by atoms with Gasteiger partial charge in [0.1, 0.15) is 0 Å². The summed E-state index contributed by atoms with van der Waals surface area (Å²) in [6, 6.07) is 23.5. The number of sulfone groups is 1. The minimum Gasteiger partial charge on any atom is -0.395 e. The van der Waals surface area contributed by atoms with Gasteiger partial charge < -0.3 is 15.0 Å². The maximum absolute atomic E-state index is 13.3. The fourth-order valence-corrected chi connectivity index (χ4v) is 5.61. The summed E-state index contributed by atoms with van der Waals surface area (Å²) in [4.78, 5) is 12.9. The largest absolute Gasteiger partial charge is 0.395 e. The number of fused-ring (bicyclic) bond motifs is 1. The van der Waals surface area contributed by atoms with E-state index in [1.54, 1.807) is 12.1 Å². The number of nitrogens with one attached hydrogen (secondary N) is 1. The van der Waals surface area contributed by atoms with E-state index in [-0.39, 0.29) is 36.1 Å². The van der Waals surface area contributed by atoms with Crippen LogP contribution >= 0.6 is 11.6 Å². The molecule has 0 radical (unpaired) electrons. The molecule has 0 fully saturated rings. The lowest BCUT2D eigenvalue weighted by molar-refractivity contribution is -0.120. The summed E-state index contributed by atoms with van der Waals surface area (Å²) in [6.45, 7) is 0.456. The summed E-state index contributed by atoms with van der Waals surface area (Å²) in [5, 5.41) is 13.0. The van der Waals surface area contributed by atoms with Crippen LogP contribution in [0.1, 0.15) is 16.8 Å². The number of nitrogens with zero attached hydrogens (tertiary/aromatic N) is 1. The van der Waals surface area contributed by atoms with Crippen LogP contribution in [0.2, 0.25) is 5.02 Å². The van der Waals surface area contributed by atoms with Crippen molar-refractivity contribution in [2.75, 3.05) is 13.2 Å². The first-order valence-corrected chi connectivity index (χ1v) is 12.9. The van der Waals surface area contributed by atoms with Crippen molar-refractivity contribution in [1.82, 2.24) is 9.88 Å². The summed E-state index contributed by atoms with van der Waals surface area (Å²) in [5.41, 5.74) is 3.13. The van der Waals surface area contributed by atoms with Gasteiger partial charge in [-0.2, -0.15) is 0 Å². The Kier molecular flexibility index (Phi) is 7.36. The Bertz CT molecular complexity index is 1400. The molecule has 0 atom stereocenters. The predicted octanol–water partition coefficient (Wildman–Crippen LogP) is 3.97. The zero-order chi connectivity index (χ0) is 24.1. The van der Waals surface area contributed by atoms with E-state index in [1.165, 1.54) is 12.1 Å². The summed E-state index contributed by atoms with van der Waals surface area (Å²) in [7, 11) is -3.70. The van der Waals surface area contributed by atoms with Gasteiger partial charge in [-0.1, -0.05) is 60.1 Å². The molecule has 4 rings (SSSR count). The van der Waals surface area contributed by atoms with Crippen LogP contribution in [0.15, 0.2) is 83.8 Å². The minimum absolute atomic E-state index is 0.00696. The first kappa shape index (κ1) is 24.0. The molecule has 0 unspecified atom stereocenters. The van der Waals surface area contributed by atoms with Crippen molar-refractivity contribution in [2.24, 2.45) is 0 Å². The van der Waals surface area contributed by atoms with Crippen molar-refractivity contribution < 1.29 is 18.3 Å². The van der Waals surface area contributed by atoms with Gasteiger partial charge in [0.05, 0.1) is 23.7 Å². The van der Waals surface area contributed by atoms with E-state index in [1.807, 2.05) is 59.2 Å². The lowest BCUT2D eigenvalue weighted by Gasteiger charge is -2.13. The van der Waals surface area contributed by atoms with E-state index in [0.717, 1.165) is 16.5 Å². The maximum Gasteiger partial charge on any atom is 0.226 e. The molecule has 6 nitrogen and oxygen atoms in total. The number of aromatic nitrogens is 1. The van der Waals surface area contributed by atoms with Crippen LogP contribution in [-0.4, -0.2) is 37.2 Å². The molecule has 0 bridgehead atoms. The van der Waals surface area contributed by atoms with Crippen molar-refractivity contribution in [2.45, 2.75) is 23.6 Å². The number of rotatable bonds is 9. The molecule has 2 N–H and O–H groups in total. The molecule has 8 heteroatoms. The highest BCUT2D eigenvalue weighted by Crippen LogP contribution is 2.31. The van der Waals surface area contributed by atoms with Gasteiger partial charge in [-0.05, 0) is 41.5 Å². The zero-order valence-electron chi connectivity index (χ0n) is 18.4. The Balaban J connectivity index is 1.84. The molecule has 1 aromatic heterocycles. The van der Waals surface area contributed by atoms with Crippen LogP contribution in [0.5, 0.6) is 0 Å². The Morgan fingerprint density at radius 1 is 0.941 bits per heavy atom. The van der Waals surface area contributed by atoms with Gasteiger partial charge in [0.2, 0.25) is 5.91 Å². The molecule has 0 spiro atoms. The lowest BCUT2D eigenvalue weighted by atomic mass is 10.1. The van der Waals surface area contributed by atoms with Crippen LogP contribution in [0.4, 0.5) is 0 Å². The molecule has 34 heavy (non-hydrogen) atoms. The van der Waals surface area contributed by atoms with Crippen LogP contribution in [0.25, 0.3) is 10.9 Å². The summed E-state index contributed by atoms with van der Waals surface area (Å²) in [6.07, 6.45) is -0.00696. The summed E-state index contributed by atoms with van der Waals surface area (Å²) >= 11 is 5.94. The molecular weight excluding hydrogens is 472 g/mol. The molecule has 0 aliphatic carbocycles. The Labute approximate surface area is 203 Å². The topological polar surface area (TPSA) is 88.4 Å². The number of halogens is 1. The summed E-state index contributed by atoms with van der Waals surface area (Å²) in [5.74, 6) is -0.532. The molecule has 0 saturated heterocycles. The fourth-order valence-electron chi connectivity index (χ4n) is 4.06. The number of hydrogen-bond donors (Lipinski definition) is 2. The van der Waals surface area contributed by atoms with Crippen LogP contribution in [0.3, 0.4) is 0 Å². The number of hydrogen-bond acceptors (Lipinski definition) is 4. The minimum atomic E-state index is -3.70. The lowest BCUT2D eigenvalue weighted by Crippen LogP contribution is -2.29. The zero-order valence-corrected chi connectivity index (χ0v) is 20.0. The Morgan fingerprint density at radius 2 is 1.62 bits per heavy atom. The average Bonchev–Trinajstić information content (AvgIpc) is 3.10. The molecule has 0 aliphatic rings. The van der Waals surface area contributed by atoms with Crippen molar-refractivity contribution in [3.63, 3.8) is 0 Å². The molecule has 176 valence electrons. The molecular formula is C26H25ClN2O4S. The number of aliphatic hydroxyl groups excluding tert-OH is 1. The first-order valence-electron chi connectivity index (χ1n) is 10.9. The summed E-state index contributed by atoms with van der Waals surface area (Å²) < 4.78 is 28.7. The number of carbonyl (C=O) groups is 1. The number of carbonyl (C=O) groups excluding carboxylic acids is 1. The highest BCUT2D eigenvalue weighted by Gasteiger charge is 2.25.